The topological polar surface area (TPSA) is 48.1 Å². The third-order valence-electron chi connectivity index (χ3n) is 4.12. The molecule has 0 radical (unpaired) electrons. The highest BCUT2D eigenvalue weighted by Crippen LogP contribution is 2.11. The molecule has 0 amide bonds. The molecule has 0 bridgehead atoms. The smallest absolute Gasteiger partial charge is 0.185 e. The summed E-state index contributed by atoms with van der Waals surface area (Å²) >= 11 is 10.4. The van der Waals surface area contributed by atoms with Crippen molar-refractivity contribution in [2.45, 2.75) is 97.1 Å². The molecular formula is C19H38N4S2. The number of nitrogens with one attached hydrogen (secondary N) is 4. The molecule has 0 spiro atoms. The van der Waals surface area contributed by atoms with E-state index >= 15 is 0 Å². The zero-order valence-electron chi connectivity index (χ0n) is 16.3. The summed E-state index contributed by atoms with van der Waals surface area (Å²) in [6.45, 7) is 10.1. The summed E-state index contributed by atoms with van der Waals surface area (Å²) in [4.78, 5) is 0. The molecule has 0 saturated carbocycles. The highest BCUT2D eigenvalue weighted by Gasteiger charge is 2.05. The minimum atomic E-state index is 0.119. The molecular weight excluding hydrogens is 348 g/mol. The van der Waals surface area contributed by atoms with E-state index in [2.05, 4.69) is 41.9 Å². The van der Waals surface area contributed by atoms with E-state index < -0.39 is 0 Å². The van der Waals surface area contributed by atoms with E-state index in [0.717, 1.165) is 6.42 Å². The number of hydrogen-bond acceptors (Lipinski definition) is 2. The number of hydrazine groups is 1. The minimum Gasteiger partial charge on any atom is -0.359 e. The van der Waals surface area contributed by atoms with Crippen LogP contribution in [0.15, 0.2) is 12.7 Å². The van der Waals surface area contributed by atoms with Gasteiger partial charge in [-0.1, -0.05) is 70.8 Å². The van der Waals surface area contributed by atoms with Crippen molar-refractivity contribution in [1.82, 2.24) is 21.5 Å². The van der Waals surface area contributed by atoms with Gasteiger partial charge in [0.1, 0.15) is 0 Å². The lowest BCUT2D eigenvalue weighted by Gasteiger charge is -2.19. The standard InChI is InChI=1S/C19H38N4S2/c1-5-7-8-9-10-11-12-13-14-15-17(4)21-19(25)23-22-18(24)20-16(3)6-2/h6,16-17H,2,5,7-15H2,1,3-4H3,(H2,20,22,24)(H2,21,23,25). The number of hydrogen-bond donors (Lipinski definition) is 4. The average molecular weight is 387 g/mol. The Morgan fingerprint density at radius 1 is 0.840 bits per heavy atom. The predicted octanol–water partition coefficient (Wildman–Crippen LogP) is 4.71. The van der Waals surface area contributed by atoms with Gasteiger partial charge < -0.3 is 10.6 Å². The first-order valence-corrected chi connectivity index (χ1v) is 10.6. The van der Waals surface area contributed by atoms with Crippen LogP contribution in [0.5, 0.6) is 0 Å². The largest absolute Gasteiger partial charge is 0.359 e. The molecule has 0 fully saturated rings. The van der Waals surface area contributed by atoms with E-state index in [1.54, 1.807) is 6.08 Å². The van der Waals surface area contributed by atoms with Crippen LogP contribution in [0.4, 0.5) is 0 Å². The maximum absolute atomic E-state index is 5.27. The molecule has 0 aliphatic heterocycles. The van der Waals surface area contributed by atoms with Crippen molar-refractivity contribution in [2.75, 3.05) is 0 Å². The zero-order valence-corrected chi connectivity index (χ0v) is 18.0. The lowest BCUT2D eigenvalue weighted by atomic mass is 10.0. The molecule has 4 nitrogen and oxygen atoms in total. The summed E-state index contributed by atoms with van der Waals surface area (Å²) in [5, 5.41) is 7.41. The SMILES string of the molecule is C=CC(C)NC(=S)NNC(=S)NC(C)CCCCCCCCCCC. The highest BCUT2D eigenvalue weighted by molar-refractivity contribution is 7.80. The second-order valence-electron chi connectivity index (χ2n) is 6.74. The van der Waals surface area contributed by atoms with Crippen LogP contribution in [0.1, 0.15) is 85.0 Å². The van der Waals surface area contributed by atoms with Gasteiger partial charge in [0.15, 0.2) is 10.2 Å². The van der Waals surface area contributed by atoms with Crippen molar-refractivity contribution in [3.8, 4) is 0 Å². The van der Waals surface area contributed by atoms with Gasteiger partial charge in [-0.2, -0.15) is 0 Å². The van der Waals surface area contributed by atoms with Gasteiger partial charge in [-0.15, -0.1) is 6.58 Å². The first-order chi connectivity index (χ1) is 12.0. The maximum atomic E-state index is 5.27. The summed E-state index contributed by atoms with van der Waals surface area (Å²) in [7, 11) is 0. The third-order valence-corrected chi connectivity index (χ3v) is 4.56. The van der Waals surface area contributed by atoms with E-state index in [9.17, 15) is 0 Å². The van der Waals surface area contributed by atoms with E-state index in [4.69, 9.17) is 24.4 Å². The summed E-state index contributed by atoms with van der Waals surface area (Å²) < 4.78 is 0. The molecule has 6 heteroatoms. The molecule has 0 aliphatic rings. The number of rotatable bonds is 13. The molecule has 0 saturated heterocycles. The molecule has 0 aromatic heterocycles. The molecule has 0 aliphatic carbocycles. The molecule has 0 heterocycles. The van der Waals surface area contributed by atoms with Crippen molar-refractivity contribution in [3.63, 3.8) is 0 Å². The normalized spacial score (nSPS) is 12.8. The Morgan fingerprint density at radius 2 is 1.32 bits per heavy atom. The minimum absolute atomic E-state index is 0.119. The lowest BCUT2D eigenvalue weighted by Crippen LogP contribution is -2.52. The highest BCUT2D eigenvalue weighted by atomic mass is 32.1. The van der Waals surface area contributed by atoms with Crippen molar-refractivity contribution >= 4 is 34.7 Å². The summed E-state index contributed by atoms with van der Waals surface area (Å²) in [6.07, 6.45) is 15.1. The molecule has 4 N–H and O–H groups in total. The fourth-order valence-corrected chi connectivity index (χ4v) is 3.00. The Kier molecular flexibility index (Phi) is 16.0. The summed E-state index contributed by atoms with van der Waals surface area (Å²) in [5.74, 6) is 0. The number of unbranched alkanes of at least 4 members (excludes halogenated alkanes) is 8. The van der Waals surface area contributed by atoms with Crippen LogP contribution in [0, 0.1) is 0 Å². The average Bonchev–Trinajstić information content (AvgIpc) is 2.58. The van der Waals surface area contributed by atoms with Crippen molar-refractivity contribution in [3.05, 3.63) is 12.7 Å². The molecule has 25 heavy (non-hydrogen) atoms. The van der Waals surface area contributed by atoms with Gasteiger partial charge in [-0.3, -0.25) is 10.9 Å². The van der Waals surface area contributed by atoms with Crippen LogP contribution in [0.2, 0.25) is 0 Å². The fraction of sp³-hybridized carbons (Fsp3) is 0.789. The lowest BCUT2D eigenvalue weighted by molar-refractivity contribution is 0.518. The van der Waals surface area contributed by atoms with Gasteiger partial charge in [0.2, 0.25) is 0 Å². The third kappa shape index (κ3) is 16.3. The molecule has 0 aromatic carbocycles. The fourth-order valence-electron chi connectivity index (χ4n) is 2.51. The van der Waals surface area contributed by atoms with Gasteiger partial charge in [-0.25, -0.2) is 0 Å². The quantitative estimate of drug-likeness (QED) is 0.159. The van der Waals surface area contributed by atoms with Crippen LogP contribution in [0.3, 0.4) is 0 Å². The number of thiocarbonyl (C=S) groups is 2. The maximum Gasteiger partial charge on any atom is 0.185 e. The Hall–Kier alpha value is -0.880. The monoisotopic (exact) mass is 386 g/mol. The zero-order chi connectivity index (χ0) is 18.9. The summed E-state index contributed by atoms with van der Waals surface area (Å²) in [6, 6.07) is 0.480. The van der Waals surface area contributed by atoms with Crippen molar-refractivity contribution in [2.24, 2.45) is 0 Å². The second-order valence-corrected chi connectivity index (χ2v) is 7.56. The van der Waals surface area contributed by atoms with Gasteiger partial charge in [0.05, 0.1) is 0 Å². The first-order valence-electron chi connectivity index (χ1n) is 9.75. The molecule has 0 aromatic rings. The van der Waals surface area contributed by atoms with Gasteiger partial charge in [-0.05, 0) is 44.7 Å². The van der Waals surface area contributed by atoms with Gasteiger partial charge in [0.25, 0.3) is 0 Å². The predicted molar refractivity (Wildman–Crippen MR) is 119 cm³/mol. The molecule has 0 rings (SSSR count). The Labute approximate surface area is 166 Å². The van der Waals surface area contributed by atoms with E-state index in [1.807, 2.05) is 6.92 Å². The molecule has 146 valence electrons. The van der Waals surface area contributed by atoms with Crippen LogP contribution in [-0.2, 0) is 0 Å². The van der Waals surface area contributed by atoms with Crippen LogP contribution in [0.25, 0.3) is 0 Å². The van der Waals surface area contributed by atoms with Gasteiger partial charge in [0, 0.05) is 12.1 Å². The summed E-state index contributed by atoms with van der Waals surface area (Å²) in [5.41, 5.74) is 5.79. The van der Waals surface area contributed by atoms with Crippen LogP contribution in [-0.4, -0.2) is 22.3 Å². The Balaban J connectivity index is 3.55. The Bertz CT molecular complexity index is 374. The van der Waals surface area contributed by atoms with Gasteiger partial charge >= 0.3 is 0 Å². The molecule has 2 unspecified atom stereocenters. The Morgan fingerprint density at radius 3 is 1.84 bits per heavy atom. The first kappa shape index (κ1) is 24.1. The van der Waals surface area contributed by atoms with E-state index in [0.29, 0.717) is 16.3 Å². The van der Waals surface area contributed by atoms with E-state index in [-0.39, 0.29) is 6.04 Å². The molecule has 2 atom stereocenters. The van der Waals surface area contributed by atoms with Crippen molar-refractivity contribution in [1.29, 1.82) is 0 Å². The van der Waals surface area contributed by atoms with Crippen molar-refractivity contribution < 1.29 is 0 Å². The van der Waals surface area contributed by atoms with Crippen LogP contribution >= 0.6 is 24.4 Å². The van der Waals surface area contributed by atoms with E-state index in [1.165, 1.54) is 57.8 Å². The second kappa shape index (κ2) is 16.6. The van der Waals surface area contributed by atoms with Crippen LogP contribution < -0.4 is 21.5 Å².